The number of anilines is 1. The molecule has 6 rings (SSSR count). The van der Waals surface area contributed by atoms with Crippen LogP contribution >= 0.6 is 0 Å². The molecule has 0 bridgehead atoms. The largest absolute Gasteiger partial charge is 0.371 e. The number of piperidine rings is 1. The maximum atomic E-state index is 4.63. The minimum Gasteiger partial charge on any atom is -0.371 e. The average Bonchev–Trinajstić information content (AvgIpc) is 3.50. The number of nitrogens with zero attached hydrogens (tertiary/aromatic N) is 5. The van der Waals surface area contributed by atoms with Gasteiger partial charge in [-0.1, -0.05) is 6.07 Å². The minimum absolute atomic E-state index is 0.892. The van der Waals surface area contributed by atoms with Crippen molar-refractivity contribution >= 4 is 27.5 Å². The fourth-order valence-corrected chi connectivity index (χ4v) is 4.68. The van der Waals surface area contributed by atoms with Crippen LogP contribution in [0.15, 0.2) is 42.7 Å². The Bertz CT molecular complexity index is 1400. The van der Waals surface area contributed by atoms with E-state index in [1.165, 1.54) is 30.3 Å². The number of hydrogen-bond acceptors (Lipinski definition) is 4. The molecular weight excluding hydrogens is 386 g/mol. The van der Waals surface area contributed by atoms with Crippen LogP contribution in [0.25, 0.3) is 44.6 Å². The maximum absolute atomic E-state index is 4.63. The van der Waals surface area contributed by atoms with Crippen LogP contribution in [0, 0.1) is 6.92 Å². The van der Waals surface area contributed by atoms with E-state index in [2.05, 4.69) is 64.9 Å². The van der Waals surface area contributed by atoms with Crippen LogP contribution in [0.5, 0.6) is 0 Å². The van der Waals surface area contributed by atoms with Gasteiger partial charge in [-0.2, -0.15) is 5.10 Å². The van der Waals surface area contributed by atoms with E-state index in [9.17, 15) is 0 Å². The molecule has 1 fully saturated rings. The van der Waals surface area contributed by atoms with Gasteiger partial charge in [-0.3, -0.25) is 10.1 Å². The average molecular weight is 412 g/mol. The highest BCUT2D eigenvalue weighted by Crippen LogP contribution is 2.35. The molecule has 5 heterocycles. The van der Waals surface area contributed by atoms with Crippen LogP contribution < -0.4 is 4.90 Å². The number of benzene rings is 1. The number of nitrogens with one attached hydrogen (secondary N) is 2. The van der Waals surface area contributed by atoms with E-state index >= 15 is 0 Å². The Morgan fingerprint density at radius 2 is 1.81 bits per heavy atom. The molecule has 0 radical (unpaired) electrons. The quantitative estimate of drug-likeness (QED) is 0.447. The number of pyridine rings is 1. The van der Waals surface area contributed by atoms with Gasteiger partial charge in [0.2, 0.25) is 0 Å². The molecule has 0 atom stereocenters. The lowest BCUT2D eigenvalue weighted by Gasteiger charge is -2.29. The number of fused-ring (bicyclic) bond motifs is 2. The second-order valence-electron chi connectivity index (χ2n) is 8.41. The monoisotopic (exact) mass is 411 g/mol. The van der Waals surface area contributed by atoms with Crippen molar-refractivity contribution in [3.63, 3.8) is 0 Å². The van der Waals surface area contributed by atoms with Crippen molar-refractivity contribution in [1.82, 2.24) is 29.7 Å². The third-order valence-corrected chi connectivity index (χ3v) is 6.52. The number of aromatic amines is 2. The summed E-state index contributed by atoms with van der Waals surface area (Å²) in [7, 11) is 2.01. The smallest absolute Gasteiger partial charge is 0.116 e. The molecule has 2 N–H and O–H groups in total. The number of aromatic nitrogens is 6. The summed E-state index contributed by atoms with van der Waals surface area (Å²) in [6.45, 7) is 4.25. The Morgan fingerprint density at radius 1 is 0.935 bits per heavy atom. The molecule has 1 aromatic carbocycles. The molecule has 0 saturated carbocycles. The molecule has 1 aliphatic rings. The second-order valence-corrected chi connectivity index (χ2v) is 8.41. The van der Waals surface area contributed by atoms with E-state index in [0.717, 1.165) is 58.1 Å². The Morgan fingerprint density at radius 3 is 2.61 bits per heavy atom. The van der Waals surface area contributed by atoms with E-state index in [1.807, 2.05) is 26.4 Å². The third-order valence-electron chi connectivity index (χ3n) is 6.52. The first kappa shape index (κ1) is 18.2. The van der Waals surface area contributed by atoms with Gasteiger partial charge in [-0.05, 0) is 50.5 Å². The van der Waals surface area contributed by atoms with E-state index < -0.39 is 0 Å². The predicted molar refractivity (Wildman–Crippen MR) is 124 cm³/mol. The van der Waals surface area contributed by atoms with Crippen LogP contribution in [-0.4, -0.2) is 42.8 Å². The van der Waals surface area contributed by atoms with Crippen LogP contribution in [0.2, 0.25) is 0 Å². The summed E-state index contributed by atoms with van der Waals surface area (Å²) < 4.78 is 2.06. The van der Waals surface area contributed by atoms with Crippen molar-refractivity contribution in [2.24, 2.45) is 7.05 Å². The topological polar surface area (TPSA) is 78.4 Å². The van der Waals surface area contributed by atoms with Gasteiger partial charge in [0, 0.05) is 42.1 Å². The summed E-state index contributed by atoms with van der Waals surface area (Å²) in [5, 5.41) is 10.1. The maximum Gasteiger partial charge on any atom is 0.116 e. The lowest BCUT2D eigenvalue weighted by Crippen LogP contribution is -2.29. The molecule has 1 saturated heterocycles. The molecule has 4 aromatic heterocycles. The lowest BCUT2D eigenvalue weighted by molar-refractivity contribution is 0.579. The highest BCUT2D eigenvalue weighted by Gasteiger charge is 2.18. The van der Waals surface area contributed by atoms with Crippen LogP contribution in [0.1, 0.15) is 25.1 Å². The van der Waals surface area contributed by atoms with Crippen molar-refractivity contribution in [1.29, 1.82) is 0 Å². The highest BCUT2D eigenvalue weighted by atomic mass is 15.1. The van der Waals surface area contributed by atoms with E-state index in [1.54, 1.807) is 0 Å². The summed E-state index contributed by atoms with van der Waals surface area (Å²) >= 11 is 0. The Balaban J connectivity index is 1.47. The van der Waals surface area contributed by atoms with Crippen molar-refractivity contribution in [3.8, 4) is 22.8 Å². The number of H-pyrrole nitrogens is 2. The van der Waals surface area contributed by atoms with Crippen molar-refractivity contribution in [2.75, 3.05) is 18.0 Å². The number of imidazole rings is 1. The normalized spacial score (nSPS) is 14.7. The summed E-state index contributed by atoms with van der Waals surface area (Å²) in [5.41, 5.74) is 7.20. The highest BCUT2D eigenvalue weighted by molar-refractivity contribution is 6.00. The van der Waals surface area contributed by atoms with Crippen LogP contribution in [-0.2, 0) is 7.05 Å². The fraction of sp³-hybridized carbons (Fsp3) is 0.292. The first-order valence-corrected chi connectivity index (χ1v) is 10.9. The summed E-state index contributed by atoms with van der Waals surface area (Å²) in [6.07, 6.45) is 7.58. The molecule has 156 valence electrons. The van der Waals surface area contributed by atoms with Gasteiger partial charge in [0.25, 0.3) is 0 Å². The molecule has 7 heteroatoms. The molecular formula is C24H25N7. The third kappa shape index (κ3) is 2.91. The van der Waals surface area contributed by atoms with Crippen LogP contribution in [0.4, 0.5) is 5.69 Å². The molecule has 0 aliphatic carbocycles. The predicted octanol–water partition coefficient (Wildman–Crippen LogP) is 4.81. The molecule has 5 aromatic rings. The molecule has 7 nitrogen and oxygen atoms in total. The minimum atomic E-state index is 0.892. The van der Waals surface area contributed by atoms with E-state index in [0.29, 0.717) is 0 Å². The fourth-order valence-electron chi connectivity index (χ4n) is 4.68. The van der Waals surface area contributed by atoms with Gasteiger partial charge in [0.15, 0.2) is 0 Å². The summed E-state index contributed by atoms with van der Waals surface area (Å²) in [4.78, 5) is 15.1. The van der Waals surface area contributed by atoms with Crippen molar-refractivity contribution in [3.05, 3.63) is 48.5 Å². The van der Waals surface area contributed by atoms with Gasteiger partial charge in [0.1, 0.15) is 11.5 Å². The second kappa shape index (κ2) is 6.97. The number of aryl methyl sites for hydroxylation is 1. The number of hydrogen-bond donors (Lipinski definition) is 2. The Hall–Kier alpha value is -3.61. The van der Waals surface area contributed by atoms with Gasteiger partial charge < -0.3 is 14.5 Å². The molecule has 1 aliphatic heterocycles. The zero-order valence-corrected chi connectivity index (χ0v) is 17.8. The van der Waals surface area contributed by atoms with Gasteiger partial charge in [-0.25, -0.2) is 4.98 Å². The van der Waals surface area contributed by atoms with Gasteiger partial charge in [0.05, 0.1) is 35.0 Å². The molecule has 0 amide bonds. The summed E-state index contributed by atoms with van der Waals surface area (Å²) in [6, 6.07) is 10.9. The molecule has 31 heavy (non-hydrogen) atoms. The Labute approximate surface area is 180 Å². The van der Waals surface area contributed by atoms with Gasteiger partial charge >= 0.3 is 0 Å². The lowest BCUT2D eigenvalue weighted by atomic mass is 10.1. The molecule has 0 unspecified atom stereocenters. The number of rotatable bonds is 3. The summed E-state index contributed by atoms with van der Waals surface area (Å²) in [5.74, 6) is 0.963. The molecule has 0 spiro atoms. The van der Waals surface area contributed by atoms with E-state index in [4.69, 9.17) is 0 Å². The standard InChI is InChI=1S/C24H25N7/c1-15-25-14-23(30(15)2)19-12-17-21(13-26-19)28-29-24(17)20-11-16-18(27-20)7-6-8-22(16)31-9-4-3-5-10-31/h6-8,11-14,27H,3-5,9-10H2,1-2H3,(H,28,29). The first-order valence-electron chi connectivity index (χ1n) is 10.9. The zero-order valence-electron chi connectivity index (χ0n) is 17.8. The van der Waals surface area contributed by atoms with Crippen molar-refractivity contribution < 1.29 is 0 Å². The zero-order chi connectivity index (χ0) is 20.9. The first-order chi connectivity index (χ1) is 15.2. The van der Waals surface area contributed by atoms with Gasteiger partial charge in [-0.15, -0.1) is 0 Å². The Kier molecular flexibility index (Phi) is 4.09. The van der Waals surface area contributed by atoms with Crippen LogP contribution in [0.3, 0.4) is 0 Å². The van der Waals surface area contributed by atoms with Crippen molar-refractivity contribution in [2.45, 2.75) is 26.2 Å². The SMILES string of the molecule is Cc1ncc(-c2cc3c(-c4cc5c(N6CCCCC6)cccc5[nH]4)n[nH]c3cn2)n1C. The van der Waals surface area contributed by atoms with E-state index in [-0.39, 0.29) is 0 Å².